The van der Waals surface area contributed by atoms with Crippen LogP contribution in [0, 0.1) is 20.8 Å². The van der Waals surface area contributed by atoms with E-state index in [1.54, 1.807) is 42.5 Å². The van der Waals surface area contributed by atoms with Gasteiger partial charge in [0.1, 0.15) is 12.6 Å². The highest BCUT2D eigenvalue weighted by atomic mass is 35.5. The van der Waals surface area contributed by atoms with E-state index in [1.165, 1.54) is 17.0 Å². The topological polar surface area (TPSA) is 86.8 Å². The van der Waals surface area contributed by atoms with Crippen LogP contribution in [0.5, 0.6) is 0 Å². The standard InChI is InChI=1S/C32H39Cl2N3O4S/c1-8-28(31(39)35-32(5,6)7)36(19-24-14-15-25(33)18-27(24)34)30(38)20-37(29-11-9-10-22(3)23(29)4)42(40,41)26-16-12-21(2)13-17-26/h9-18,28H,8,19-20H2,1-7H3,(H,35,39)/t28-/m0/s1. The van der Waals surface area contributed by atoms with Crippen LogP contribution in [0.1, 0.15) is 56.4 Å². The van der Waals surface area contributed by atoms with E-state index >= 15 is 0 Å². The van der Waals surface area contributed by atoms with E-state index in [0.29, 0.717) is 27.7 Å². The van der Waals surface area contributed by atoms with Crippen LogP contribution in [0.3, 0.4) is 0 Å². The van der Waals surface area contributed by atoms with E-state index in [-0.39, 0.29) is 17.3 Å². The van der Waals surface area contributed by atoms with Crippen molar-refractivity contribution >= 4 is 50.7 Å². The number of nitrogens with zero attached hydrogens (tertiary/aromatic N) is 2. The average Bonchev–Trinajstić information content (AvgIpc) is 2.89. The first-order chi connectivity index (χ1) is 19.5. The first-order valence-electron chi connectivity index (χ1n) is 13.8. The van der Waals surface area contributed by atoms with Crippen molar-refractivity contribution in [1.29, 1.82) is 0 Å². The zero-order valence-electron chi connectivity index (χ0n) is 25.2. The lowest BCUT2D eigenvalue weighted by molar-refractivity contribution is -0.141. The summed E-state index contributed by atoms with van der Waals surface area (Å²) in [4.78, 5) is 29.2. The summed E-state index contributed by atoms with van der Waals surface area (Å²) < 4.78 is 29.4. The monoisotopic (exact) mass is 631 g/mol. The minimum Gasteiger partial charge on any atom is -0.350 e. The maximum absolute atomic E-state index is 14.3. The number of hydrogen-bond donors (Lipinski definition) is 1. The van der Waals surface area contributed by atoms with Gasteiger partial charge in [-0.1, -0.05) is 66.0 Å². The number of halogens is 2. The highest BCUT2D eigenvalue weighted by molar-refractivity contribution is 7.92. The van der Waals surface area contributed by atoms with Gasteiger partial charge in [-0.2, -0.15) is 0 Å². The van der Waals surface area contributed by atoms with Crippen LogP contribution >= 0.6 is 23.2 Å². The Labute approximate surface area is 259 Å². The van der Waals surface area contributed by atoms with Gasteiger partial charge in [-0.3, -0.25) is 13.9 Å². The van der Waals surface area contributed by atoms with Gasteiger partial charge >= 0.3 is 0 Å². The van der Waals surface area contributed by atoms with Gasteiger partial charge in [-0.25, -0.2) is 8.42 Å². The van der Waals surface area contributed by atoms with Gasteiger partial charge in [-0.05, 0) is 95.0 Å². The molecule has 3 rings (SSSR count). The van der Waals surface area contributed by atoms with Crippen LogP contribution in [0.15, 0.2) is 65.6 Å². The second-order valence-electron chi connectivity index (χ2n) is 11.5. The molecule has 1 N–H and O–H groups in total. The van der Waals surface area contributed by atoms with Gasteiger partial charge in [0.15, 0.2) is 0 Å². The van der Waals surface area contributed by atoms with Crippen molar-refractivity contribution < 1.29 is 18.0 Å². The fraction of sp³-hybridized carbons (Fsp3) is 0.375. The van der Waals surface area contributed by atoms with E-state index in [9.17, 15) is 18.0 Å². The molecule has 0 radical (unpaired) electrons. The van der Waals surface area contributed by atoms with Gasteiger partial charge in [0.2, 0.25) is 11.8 Å². The first-order valence-corrected chi connectivity index (χ1v) is 16.0. The summed E-state index contributed by atoms with van der Waals surface area (Å²) in [5.74, 6) is -0.892. The molecule has 0 fully saturated rings. The molecule has 1 atom stereocenters. The third kappa shape index (κ3) is 8.06. The molecule has 7 nitrogen and oxygen atoms in total. The Kier molecular flexibility index (Phi) is 10.7. The predicted molar refractivity (Wildman–Crippen MR) is 171 cm³/mol. The summed E-state index contributed by atoms with van der Waals surface area (Å²) in [6.45, 7) is 12.4. The quantitative estimate of drug-likeness (QED) is 0.265. The van der Waals surface area contributed by atoms with Crippen molar-refractivity contribution in [3.63, 3.8) is 0 Å². The van der Waals surface area contributed by atoms with Crippen molar-refractivity contribution in [1.82, 2.24) is 10.2 Å². The molecule has 0 aliphatic heterocycles. The summed E-state index contributed by atoms with van der Waals surface area (Å²) in [7, 11) is -4.17. The molecule has 2 amide bonds. The maximum Gasteiger partial charge on any atom is 0.264 e. The van der Waals surface area contributed by atoms with Crippen LogP contribution in [-0.2, 0) is 26.2 Å². The SMILES string of the molecule is CC[C@@H](C(=O)NC(C)(C)C)N(Cc1ccc(Cl)cc1Cl)C(=O)CN(c1cccc(C)c1C)S(=O)(=O)c1ccc(C)cc1. The molecular formula is C32H39Cl2N3O4S. The summed E-state index contributed by atoms with van der Waals surface area (Å²) in [6, 6.07) is 15.9. The van der Waals surface area contributed by atoms with Crippen LogP contribution < -0.4 is 9.62 Å². The lowest BCUT2D eigenvalue weighted by Crippen LogP contribution is -2.55. The Morgan fingerprint density at radius 1 is 0.952 bits per heavy atom. The zero-order chi connectivity index (χ0) is 31.4. The van der Waals surface area contributed by atoms with E-state index in [2.05, 4.69) is 5.32 Å². The summed E-state index contributed by atoms with van der Waals surface area (Å²) in [5.41, 5.74) is 2.94. The molecule has 42 heavy (non-hydrogen) atoms. The summed E-state index contributed by atoms with van der Waals surface area (Å²) in [6.07, 6.45) is 0.299. The highest BCUT2D eigenvalue weighted by Gasteiger charge is 2.35. The number of hydrogen-bond acceptors (Lipinski definition) is 4. The van der Waals surface area contributed by atoms with E-state index < -0.39 is 34.1 Å². The molecule has 0 aromatic heterocycles. The number of nitrogens with one attached hydrogen (secondary N) is 1. The van der Waals surface area contributed by atoms with Gasteiger partial charge in [0.05, 0.1) is 10.6 Å². The average molecular weight is 633 g/mol. The molecular weight excluding hydrogens is 593 g/mol. The Bertz CT molecular complexity index is 1550. The molecule has 0 saturated heterocycles. The molecule has 0 aliphatic carbocycles. The van der Waals surface area contributed by atoms with E-state index in [0.717, 1.165) is 21.0 Å². The molecule has 0 spiro atoms. The maximum atomic E-state index is 14.3. The minimum absolute atomic E-state index is 0.0177. The van der Waals surface area contributed by atoms with Crippen molar-refractivity contribution in [2.75, 3.05) is 10.8 Å². The van der Waals surface area contributed by atoms with Gasteiger partial charge in [0, 0.05) is 22.1 Å². The number of sulfonamides is 1. The normalized spacial score (nSPS) is 12.5. The number of rotatable bonds is 10. The number of benzene rings is 3. The predicted octanol–water partition coefficient (Wildman–Crippen LogP) is 6.84. The molecule has 0 bridgehead atoms. The Hall–Kier alpha value is -3.07. The molecule has 0 aliphatic rings. The third-order valence-electron chi connectivity index (χ3n) is 6.97. The number of amides is 2. The van der Waals surface area contributed by atoms with Crippen LogP contribution in [0.2, 0.25) is 10.0 Å². The molecule has 3 aromatic carbocycles. The Morgan fingerprint density at radius 3 is 2.17 bits per heavy atom. The minimum atomic E-state index is -4.17. The van der Waals surface area contributed by atoms with E-state index in [1.807, 2.05) is 54.5 Å². The second-order valence-corrected chi connectivity index (χ2v) is 14.2. The van der Waals surface area contributed by atoms with Gasteiger partial charge in [0.25, 0.3) is 10.0 Å². The molecule has 10 heteroatoms. The molecule has 0 heterocycles. The number of aryl methyl sites for hydroxylation is 2. The van der Waals surface area contributed by atoms with E-state index in [4.69, 9.17) is 23.2 Å². The molecule has 3 aromatic rings. The Morgan fingerprint density at radius 2 is 1.60 bits per heavy atom. The van der Waals surface area contributed by atoms with Crippen molar-refractivity contribution in [2.45, 2.75) is 77.9 Å². The Balaban J connectivity index is 2.14. The first kappa shape index (κ1) is 33.4. The number of carbonyl (C=O) groups excluding carboxylic acids is 2. The lowest BCUT2D eigenvalue weighted by atomic mass is 10.1. The molecule has 226 valence electrons. The largest absolute Gasteiger partial charge is 0.350 e. The van der Waals surface area contributed by atoms with Gasteiger partial charge < -0.3 is 10.2 Å². The fourth-order valence-electron chi connectivity index (χ4n) is 4.56. The number of anilines is 1. The fourth-order valence-corrected chi connectivity index (χ4v) is 6.50. The summed E-state index contributed by atoms with van der Waals surface area (Å²) in [5, 5.41) is 3.73. The zero-order valence-corrected chi connectivity index (χ0v) is 27.5. The highest BCUT2D eigenvalue weighted by Crippen LogP contribution is 2.30. The van der Waals surface area contributed by atoms with Crippen molar-refractivity contribution in [2.24, 2.45) is 0 Å². The van der Waals surface area contributed by atoms with Crippen LogP contribution in [0.25, 0.3) is 0 Å². The van der Waals surface area contributed by atoms with Crippen molar-refractivity contribution in [3.8, 4) is 0 Å². The smallest absolute Gasteiger partial charge is 0.264 e. The third-order valence-corrected chi connectivity index (χ3v) is 9.33. The van der Waals surface area contributed by atoms with Gasteiger partial charge in [-0.15, -0.1) is 0 Å². The van der Waals surface area contributed by atoms with Crippen molar-refractivity contribution in [3.05, 3.63) is 93.0 Å². The number of carbonyl (C=O) groups is 2. The lowest BCUT2D eigenvalue weighted by Gasteiger charge is -2.35. The van der Waals surface area contributed by atoms with Crippen LogP contribution in [0.4, 0.5) is 5.69 Å². The molecule has 0 unspecified atom stereocenters. The second kappa shape index (κ2) is 13.5. The van der Waals surface area contributed by atoms with Crippen LogP contribution in [-0.4, -0.2) is 43.3 Å². The summed E-state index contributed by atoms with van der Waals surface area (Å²) >= 11 is 12.6. The molecule has 0 saturated carbocycles.